The second kappa shape index (κ2) is 21.4. The molecular weight excluding hydrogens is 716 g/mol. The van der Waals surface area contributed by atoms with Crippen LogP contribution in [0.5, 0.6) is 0 Å². The lowest BCUT2D eigenvalue weighted by molar-refractivity contribution is -0.147. The highest BCUT2D eigenvalue weighted by Crippen LogP contribution is 2.44. The molecule has 0 fully saturated rings. The number of cyclic esters (lactones) is 1. The average Bonchev–Trinajstić information content (AvgIpc) is 3.53. The highest BCUT2D eigenvalue weighted by atomic mass is 16.6. The molecule has 56 heavy (non-hydrogen) atoms. The van der Waals surface area contributed by atoms with Crippen LogP contribution >= 0.6 is 0 Å². The smallest absolute Gasteiger partial charge is 0.407 e. The summed E-state index contributed by atoms with van der Waals surface area (Å²) in [6.07, 6.45) is 4.58. The van der Waals surface area contributed by atoms with Crippen molar-refractivity contribution in [2.75, 3.05) is 26.4 Å². The highest BCUT2D eigenvalue weighted by molar-refractivity contribution is 5.86. The van der Waals surface area contributed by atoms with Crippen LogP contribution in [0.25, 0.3) is 11.1 Å². The number of esters is 1. The van der Waals surface area contributed by atoms with Gasteiger partial charge in [-0.2, -0.15) is 0 Å². The number of hydrogen-bond donors (Lipinski definition) is 5. The van der Waals surface area contributed by atoms with Crippen molar-refractivity contribution in [1.29, 1.82) is 0 Å². The van der Waals surface area contributed by atoms with Crippen LogP contribution in [0.4, 0.5) is 9.59 Å². The second-order valence-corrected chi connectivity index (χ2v) is 14.2. The molecule has 13 heteroatoms. The first-order valence-corrected chi connectivity index (χ1v) is 19.3. The fourth-order valence-corrected chi connectivity index (χ4v) is 6.84. The van der Waals surface area contributed by atoms with Gasteiger partial charge in [0.25, 0.3) is 0 Å². The highest BCUT2D eigenvalue weighted by Gasteiger charge is 2.31. The summed E-state index contributed by atoms with van der Waals surface area (Å²) < 4.78 is 16.7. The predicted octanol–water partition coefficient (Wildman–Crippen LogP) is 5.26. The molecule has 5 rings (SSSR count). The Morgan fingerprint density at radius 2 is 1.59 bits per heavy atom. The Balaban J connectivity index is 1.18. The molecule has 0 saturated carbocycles. The molecule has 0 aromatic heterocycles. The topological polar surface area (TPSA) is 181 Å². The monoisotopic (exact) mass is 768 g/mol. The summed E-state index contributed by atoms with van der Waals surface area (Å²) >= 11 is 0. The Labute approximate surface area is 327 Å². The van der Waals surface area contributed by atoms with E-state index in [1.807, 2.05) is 66.7 Å². The van der Waals surface area contributed by atoms with Gasteiger partial charge in [0.05, 0.1) is 18.6 Å². The Bertz CT molecular complexity index is 1770. The summed E-state index contributed by atoms with van der Waals surface area (Å²) in [7, 11) is 0. The molecule has 1 heterocycles. The number of nitrogens with one attached hydrogen (secondary N) is 4. The lowest BCUT2D eigenvalue weighted by Gasteiger charge is -2.24. The fraction of sp³-hybridized carbons (Fsp3) is 0.419. The molecule has 1 aliphatic carbocycles. The number of carbonyl (C=O) groups excluding carboxylic acids is 5. The number of hydrogen-bond acceptors (Lipinski definition) is 9. The first kappa shape index (κ1) is 41.5. The molecule has 4 atom stereocenters. The van der Waals surface area contributed by atoms with Gasteiger partial charge in [-0.25, -0.2) is 14.4 Å². The molecule has 1 aliphatic heterocycles. The molecule has 0 unspecified atom stereocenters. The summed E-state index contributed by atoms with van der Waals surface area (Å²) in [4.78, 5) is 65.1. The van der Waals surface area contributed by atoms with Gasteiger partial charge in [0, 0.05) is 24.9 Å². The van der Waals surface area contributed by atoms with E-state index < -0.39 is 42.2 Å². The molecule has 0 radical (unpaired) electrons. The van der Waals surface area contributed by atoms with Crippen molar-refractivity contribution in [2.24, 2.45) is 5.92 Å². The molecule has 298 valence electrons. The number of allylic oxidation sites excluding steroid dienone is 2. The summed E-state index contributed by atoms with van der Waals surface area (Å²) in [5.74, 6) is -2.28. The SMILES string of the molecule is C[C@H](CO)NC(=O)C[C@H]1CC=CCC[C@H](NC(=O)OCC2c3ccccc3-c3ccccc32)C(=O)OC[C@H](CCCCNC(=O)OCc2ccccc2)NC1=O. The number of aliphatic hydroxyl groups is 1. The molecular formula is C43H52N4O9. The van der Waals surface area contributed by atoms with Crippen molar-refractivity contribution >= 4 is 30.0 Å². The number of aliphatic hydroxyl groups excluding tert-OH is 1. The number of benzene rings is 3. The maximum absolute atomic E-state index is 13.5. The summed E-state index contributed by atoms with van der Waals surface area (Å²) in [5.41, 5.74) is 5.21. The van der Waals surface area contributed by atoms with Gasteiger partial charge in [-0.3, -0.25) is 9.59 Å². The maximum Gasteiger partial charge on any atom is 0.407 e. The first-order chi connectivity index (χ1) is 27.2. The van der Waals surface area contributed by atoms with E-state index in [1.54, 1.807) is 19.1 Å². The van der Waals surface area contributed by atoms with Gasteiger partial charge in [-0.1, -0.05) is 91.0 Å². The van der Waals surface area contributed by atoms with E-state index in [-0.39, 0.29) is 63.4 Å². The normalized spacial score (nSPS) is 19.0. The standard InChI is InChI=1S/C43H52N4O9/c1-29(25-48)45-39(49)24-31-16-6-3-7-22-38(47-43(53)56-28-37-35-20-10-8-18-33(35)34-19-9-11-21-36(34)37)41(51)54-27-32(46-40(31)50)17-12-13-23-44-42(52)55-26-30-14-4-2-5-15-30/h2-6,8-11,14-15,18-21,29,31-32,37-38,48H,7,12-13,16-17,22-28H2,1H3,(H,44,52)(H,45,49)(H,46,50)(H,47,53)/t29-,31-,32+,38+/m1/s1. The predicted molar refractivity (Wildman–Crippen MR) is 209 cm³/mol. The van der Waals surface area contributed by atoms with Gasteiger partial charge in [0.2, 0.25) is 11.8 Å². The molecule has 13 nitrogen and oxygen atoms in total. The van der Waals surface area contributed by atoms with Gasteiger partial charge in [-0.05, 0) is 73.3 Å². The summed E-state index contributed by atoms with van der Waals surface area (Å²) in [6.45, 7) is 1.82. The first-order valence-electron chi connectivity index (χ1n) is 19.3. The van der Waals surface area contributed by atoms with E-state index in [1.165, 1.54) is 0 Å². The van der Waals surface area contributed by atoms with Crippen molar-refractivity contribution in [2.45, 2.75) is 82.5 Å². The minimum Gasteiger partial charge on any atom is -0.462 e. The van der Waals surface area contributed by atoms with E-state index in [2.05, 4.69) is 33.4 Å². The molecule has 3 aromatic rings. The van der Waals surface area contributed by atoms with Crippen molar-refractivity contribution in [1.82, 2.24) is 21.3 Å². The van der Waals surface area contributed by atoms with Crippen LogP contribution in [-0.2, 0) is 35.2 Å². The second-order valence-electron chi connectivity index (χ2n) is 14.2. The Kier molecular flexibility index (Phi) is 15.9. The molecule has 5 N–H and O–H groups in total. The largest absolute Gasteiger partial charge is 0.462 e. The van der Waals surface area contributed by atoms with Gasteiger partial charge in [0.1, 0.15) is 25.9 Å². The maximum atomic E-state index is 13.5. The van der Waals surface area contributed by atoms with Crippen molar-refractivity contribution < 1.29 is 43.3 Å². The minimum absolute atomic E-state index is 0.0846. The van der Waals surface area contributed by atoms with E-state index >= 15 is 0 Å². The summed E-state index contributed by atoms with van der Waals surface area (Å²) in [5, 5.41) is 20.4. The number of carbonyl (C=O) groups is 5. The zero-order chi connectivity index (χ0) is 39.7. The van der Waals surface area contributed by atoms with Gasteiger partial charge < -0.3 is 40.6 Å². The van der Waals surface area contributed by atoms with E-state index in [4.69, 9.17) is 14.2 Å². The van der Waals surface area contributed by atoms with Crippen LogP contribution in [0.1, 0.15) is 74.5 Å². The molecule has 3 aromatic carbocycles. The third-order valence-electron chi connectivity index (χ3n) is 9.85. The third-order valence-corrected chi connectivity index (χ3v) is 9.85. The quantitative estimate of drug-likeness (QED) is 0.0633. The van der Waals surface area contributed by atoms with Crippen molar-refractivity contribution in [3.8, 4) is 11.1 Å². The Hall–Kier alpha value is -5.69. The number of alkyl carbamates (subject to hydrolysis) is 2. The molecule has 0 saturated heterocycles. The third kappa shape index (κ3) is 12.4. The van der Waals surface area contributed by atoms with Crippen molar-refractivity contribution in [3.63, 3.8) is 0 Å². The zero-order valence-corrected chi connectivity index (χ0v) is 31.7. The van der Waals surface area contributed by atoms with Crippen LogP contribution in [0.2, 0.25) is 0 Å². The minimum atomic E-state index is -1.01. The lowest BCUT2D eigenvalue weighted by Crippen LogP contribution is -2.46. The number of ether oxygens (including phenoxy) is 3. The molecule has 0 spiro atoms. The van der Waals surface area contributed by atoms with E-state index in [9.17, 15) is 29.1 Å². The van der Waals surface area contributed by atoms with Crippen LogP contribution < -0.4 is 21.3 Å². The van der Waals surface area contributed by atoms with Crippen LogP contribution in [0.15, 0.2) is 91.0 Å². The van der Waals surface area contributed by atoms with Crippen LogP contribution in [-0.4, -0.2) is 79.6 Å². The van der Waals surface area contributed by atoms with E-state index in [0.29, 0.717) is 32.2 Å². The van der Waals surface area contributed by atoms with Crippen LogP contribution in [0.3, 0.4) is 0 Å². The van der Waals surface area contributed by atoms with Crippen LogP contribution in [0, 0.1) is 5.92 Å². The number of rotatable bonds is 14. The molecule has 0 bridgehead atoms. The zero-order valence-electron chi connectivity index (χ0n) is 31.7. The summed E-state index contributed by atoms with van der Waals surface area (Å²) in [6, 6.07) is 23.3. The van der Waals surface area contributed by atoms with E-state index in [0.717, 1.165) is 27.8 Å². The van der Waals surface area contributed by atoms with Gasteiger partial charge in [-0.15, -0.1) is 0 Å². The lowest BCUT2D eigenvalue weighted by atomic mass is 9.98. The number of amides is 4. The van der Waals surface area contributed by atoms with Crippen molar-refractivity contribution in [3.05, 3.63) is 108 Å². The fourth-order valence-electron chi connectivity index (χ4n) is 6.84. The Morgan fingerprint density at radius 3 is 2.30 bits per heavy atom. The molecule has 4 amide bonds. The van der Waals surface area contributed by atoms with Gasteiger partial charge in [0.15, 0.2) is 0 Å². The number of unbranched alkanes of at least 4 members (excludes halogenated alkanes) is 1. The number of fused-ring (bicyclic) bond motifs is 3. The molecule has 2 aliphatic rings. The Morgan fingerprint density at radius 1 is 0.893 bits per heavy atom. The average molecular weight is 769 g/mol. The van der Waals surface area contributed by atoms with Gasteiger partial charge >= 0.3 is 18.2 Å².